The van der Waals surface area contributed by atoms with Crippen LogP contribution in [0.1, 0.15) is 34.3 Å². The van der Waals surface area contributed by atoms with Crippen molar-refractivity contribution in [1.29, 1.82) is 0 Å². The van der Waals surface area contributed by atoms with Gasteiger partial charge in [-0.1, -0.05) is 42.5 Å². The molecule has 166 valence electrons. The zero-order valence-corrected chi connectivity index (χ0v) is 18.4. The molecule has 0 spiro atoms. The molecule has 1 N–H and O–H groups in total. The standard InChI is InChI=1S/C25H29N5O2/c1-28(18-20-6-3-2-4-7-20)16-5-14-26-25(32)22-10-8-21(9-11-22)19-29-23-12-15-27-30(23)17-13-24(29)31/h2-4,6-12,15H,5,13-14,16-19H2,1H3,(H,26,32). The van der Waals surface area contributed by atoms with E-state index in [-0.39, 0.29) is 11.8 Å². The summed E-state index contributed by atoms with van der Waals surface area (Å²) in [5, 5.41) is 7.25. The summed E-state index contributed by atoms with van der Waals surface area (Å²) in [7, 11) is 2.09. The molecule has 0 atom stereocenters. The van der Waals surface area contributed by atoms with Gasteiger partial charge in [-0.25, -0.2) is 4.68 Å². The third kappa shape index (κ3) is 5.42. The number of nitrogens with zero attached hydrogens (tertiary/aromatic N) is 4. The number of anilines is 1. The Balaban J connectivity index is 1.23. The lowest BCUT2D eigenvalue weighted by Crippen LogP contribution is -2.36. The number of aryl methyl sites for hydroxylation is 1. The van der Waals surface area contributed by atoms with E-state index in [1.54, 1.807) is 11.1 Å². The van der Waals surface area contributed by atoms with E-state index in [9.17, 15) is 9.59 Å². The Kier molecular flexibility index (Phi) is 6.97. The Labute approximate surface area is 188 Å². The van der Waals surface area contributed by atoms with Crippen molar-refractivity contribution in [3.05, 3.63) is 83.6 Å². The molecular formula is C25H29N5O2. The van der Waals surface area contributed by atoms with Crippen LogP contribution in [0, 0.1) is 0 Å². The van der Waals surface area contributed by atoms with Crippen molar-refractivity contribution >= 4 is 17.6 Å². The topological polar surface area (TPSA) is 70.5 Å². The Hall–Kier alpha value is -3.45. The van der Waals surface area contributed by atoms with Crippen LogP contribution in [0.3, 0.4) is 0 Å². The molecule has 2 amide bonds. The summed E-state index contributed by atoms with van der Waals surface area (Å²) >= 11 is 0. The zero-order chi connectivity index (χ0) is 22.3. The van der Waals surface area contributed by atoms with E-state index in [0.717, 1.165) is 30.9 Å². The molecule has 7 heteroatoms. The molecule has 0 saturated heterocycles. The molecule has 3 aromatic rings. The monoisotopic (exact) mass is 431 g/mol. The number of aromatic nitrogens is 2. The van der Waals surface area contributed by atoms with Gasteiger partial charge in [0.2, 0.25) is 5.91 Å². The highest BCUT2D eigenvalue weighted by Gasteiger charge is 2.24. The van der Waals surface area contributed by atoms with Gasteiger partial charge in [0, 0.05) is 31.1 Å². The first-order valence-electron chi connectivity index (χ1n) is 11.0. The van der Waals surface area contributed by atoms with Crippen LogP contribution in [0.25, 0.3) is 0 Å². The molecule has 4 rings (SSSR count). The molecule has 2 aromatic carbocycles. The van der Waals surface area contributed by atoms with Crippen LogP contribution in [0.5, 0.6) is 0 Å². The van der Waals surface area contributed by atoms with Crippen molar-refractivity contribution in [1.82, 2.24) is 20.0 Å². The van der Waals surface area contributed by atoms with Gasteiger partial charge in [-0.3, -0.25) is 14.5 Å². The fourth-order valence-electron chi connectivity index (χ4n) is 3.93. The molecule has 0 fully saturated rings. The average Bonchev–Trinajstić information content (AvgIpc) is 3.29. The van der Waals surface area contributed by atoms with Gasteiger partial charge >= 0.3 is 0 Å². The molecule has 1 aliphatic rings. The van der Waals surface area contributed by atoms with Gasteiger partial charge in [0.25, 0.3) is 5.91 Å². The van der Waals surface area contributed by atoms with Gasteiger partial charge < -0.3 is 10.2 Å². The highest BCUT2D eigenvalue weighted by molar-refractivity contribution is 5.95. The normalized spacial score (nSPS) is 13.3. The number of hydrogen-bond donors (Lipinski definition) is 1. The van der Waals surface area contributed by atoms with E-state index in [1.165, 1.54) is 5.56 Å². The highest BCUT2D eigenvalue weighted by atomic mass is 16.2. The average molecular weight is 432 g/mol. The minimum atomic E-state index is -0.0746. The van der Waals surface area contributed by atoms with Crippen LogP contribution in [-0.4, -0.2) is 46.6 Å². The van der Waals surface area contributed by atoms with Crippen molar-refractivity contribution < 1.29 is 9.59 Å². The number of benzene rings is 2. The third-order valence-electron chi connectivity index (χ3n) is 5.66. The second-order valence-corrected chi connectivity index (χ2v) is 8.17. The molecule has 0 bridgehead atoms. The summed E-state index contributed by atoms with van der Waals surface area (Å²) in [6.45, 7) is 3.54. The first-order chi connectivity index (χ1) is 15.6. The van der Waals surface area contributed by atoms with Gasteiger partial charge in [0.05, 0.1) is 19.3 Å². The number of carbonyl (C=O) groups excluding carboxylic acids is 2. The van der Waals surface area contributed by atoms with E-state index in [1.807, 2.05) is 53.2 Å². The number of carbonyl (C=O) groups is 2. The molecule has 32 heavy (non-hydrogen) atoms. The maximum absolute atomic E-state index is 12.5. The number of nitrogens with one attached hydrogen (secondary N) is 1. The van der Waals surface area contributed by atoms with Crippen LogP contribution in [0.15, 0.2) is 66.9 Å². The first kappa shape index (κ1) is 21.8. The highest BCUT2D eigenvalue weighted by Crippen LogP contribution is 2.23. The lowest BCUT2D eigenvalue weighted by Gasteiger charge is -2.27. The van der Waals surface area contributed by atoms with Crippen molar-refractivity contribution in [2.75, 3.05) is 25.0 Å². The molecule has 7 nitrogen and oxygen atoms in total. The fourth-order valence-corrected chi connectivity index (χ4v) is 3.93. The van der Waals surface area contributed by atoms with Gasteiger partial charge in [-0.15, -0.1) is 0 Å². The summed E-state index contributed by atoms with van der Waals surface area (Å²) < 4.78 is 1.85. The quantitative estimate of drug-likeness (QED) is 0.529. The second-order valence-electron chi connectivity index (χ2n) is 8.17. The number of fused-ring (bicyclic) bond motifs is 1. The van der Waals surface area contributed by atoms with Gasteiger partial charge in [0.1, 0.15) is 5.82 Å². The summed E-state index contributed by atoms with van der Waals surface area (Å²) in [6, 6.07) is 19.7. The van der Waals surface area contributed by atoms with Gasteiger partial charge in [0.15, 0.2) is 0 Å². The molecule has 0 radical (unpaired) electrons. The number of hydrogen-bond acceptors (Lipinski definition) is 4. The van der Waals surface area contributed by atoms with Gasteiger partial charge in [-0.2, -0.15) is 5.10 Å². The van der Waals surface area contributed by atoms with Crippen LogP contribution < -0.4 is 10.2 Å². The van der Waals surface area contributed by atoms with Crippen molar-refractivity contribution in [3.63, 3.8) is 0 Å². The lowest BCUT2D eigenvalue weighted by atomic mass is 10.1. The predicted octanol–water partition coefficient (Wildman–Crippen LogP) is 3.07. The SMILES string of the molecule is CN(CCCNC(=O)c1ccc(CN2C(=O)CCn3nccc32)cc1)Cc1ccccc1. The molecule has 0 unspecified atom stereocenters. The largest absolute Gasteiger partial charge is 0.352 e. The Bertz CT molecular complexity index is 1050. The molecule has 0 saturated carbocycles. The molecule has 1 aromatic heterocycles. The first-order valence-corrected chi connectivity index (χ1v) is 11.0. The van der Waals surface area contributed by atoms with Crippen LogP contribution in [0.2, 0.25) is 0 Å². The second kappa shape index (κ2) is 10.2. The molecule has 2 heterocycles. The summed E-state index contributed by atoms with van der Waals surface area (Å²) in [6.07, 6.45) is 3.06. The molecule has 1 aliphatic heterocycles. The minimum Gasteiger partial charge on any atom is -0.352 e. The lowest BCUT2D eigenvalue weighted by molar-refractivity contribution is -0.119. The van der Waals surface area contributed by atoms with Crippen molar-refractivity contribution in [2.45, 2.75) is 32.5 Å². The maximum Gasteiger partial charge on any atom is 0.251 e. The summed E-state index contributed by atoms with van der Waals surface area (Å²) in [5.74, 6) is 0.840. The summed E-state index contributed by atoms with van der Waals surface area (Å²) in [4.78, 5) is 28.8. The van der Waals surface area contributed by atoms with E-state index < -0.39 is 0 Å². The predicted molar refractivity (Wildman–Crippen MR) is 124 cm³/mol. The number of amides is 2. The Morgan fingerprint density at radius 2 is 1.84 bits per heavy atom. The Morgan fingerprint density at radius 3 is 2.62 bits per heavy atom. The smallest absolute Gasteiger partial charge is 0.251 e. The van der Waals surface area contributed by atoms with Gasteiger partial charge in [-0.05, 0) is 43.3 Å². The minimum absolute atomic E-state index is 0.0746. The third-order valence-corrected chi connectivity index (χ3v) is 5.66. The van der Waals surface area contributed by atoms with E-state index in [0.29, 0.717) is 31.6 Å². The van der Waals surface area contributed by atoms with Crippen LogP contribution >= 0.6 is 0 Å². The van der Waals surface area contributed by atoms with Crippen LogP contribution in [-0.2, 0) is 24.4 Å². The van der Waals surface area contributed by atoms with E-state index in [4.69, 9.17) is 0 Å². The van der Waals surface area contributed by atoms with E-state index >= 15 is 0 Å². The molecular weight excluding hydrogens is 402 g/mol. The van der Waals surface area contributed by atoms with Crippen molar-refractivity contribution in [3.8, 4) is 0 Å². The maximum atomic E-state index is 12.5. The fraction of sp³-hybridized carbons (Fsp3) is 0.320. The van der Waals surface area contributed by atoms with Crippen molar-refractivity contribution in [2.24, 2.45) is 0 Å². The Morgan fingerprint density at radius 1 is 1.06 bits per heavy atom. The number of rotatable bonds is 9. The molecule has 0 aliphatic carbocycles. The summed E-state index contributed by atoms with van der Waals surface area (Å²) in [5.41, 5.74) is 2.89. The van der Waals surface area contributed by atoms with Crippen LogP contribution in [0.4, 0.5) is 5.82 Å². The zero-order valence-electron chi connectivity index (χ0n) is 18.4. The van der Waals surface area contributed by atoms with E-state index in [2.05, 4.69) is 34.5 Å².